The number of aliphatic hydroxyl groups is 1. The SMILES string of the molecule is CC1(C)C(O)CC1Oc1cccnc1[N+](=O)[O-]. The molecule has 6 nitrogen and oxygen atoms in total. The van der Waals surface area contributed by atoms with Crippen molar-refractivity contribution in [2.45, 2.75) is 32.5 Å². The van der Waals surface area contributed by atoms with Gasteiger partial charge in [-0.1, -0.05) is 13.8 Å². The zero-order valence-electron chi connectivity index (χ0n) is 9.66. The smallest absolute Gasteiger partial charge is 0.406 e. The van der Waals surface area contributed by atoms with Gasteiger partial charge in [-0.25, -0.2) is 0 Å². The van der Waals surface area contributed by atoms with Crippen LogP contribution in [-0.4, -0.2) is 27.2 Å². The van der Waals surface area contributed by atoms with Crippen molar-refractivity contribution >= 4 is 5.82 Å². The molecule has 92 valence electrons. The van der Waals surface area contributed by atoms with E-state index in [-0.39, 0.29) is 23.1 Å². The van der Waals surface area contributed by atoms with Crippen molar-refractivity contribution < 1.29 is 14.8 Å². The van der Waals surface area contributed by atoms with Gasteiger partial charge in [-0.05, 0) is 22.0 Å². The lowest BCUT2D eigenvalue weighted by Crippen LogP contribution is -2.56. The second kappa shape index (κ2) is 3.96. The maximum atomic E-state index is 10.7. The second-order valence-electron chi connectivity index (χ2n) is 4.76. The van der Waals surface area contributed by atoms with Crippen LogP contribution in [0.4, 0.5) is 5.82 Å². The summed E-state index contributed by atoms with van der Waals surface area (Å²) in [7, 11) is 0. The minimum atomic E-state index is -0.572. The Kier molecular flexibility index (Phi) is 2.74. The molecule has 6 heteroatoms. The lowest BCUT2D eigenvalue weighted by molar-refractivity contribution is -0.391. The number of nitro groups is 1. The molecule has 0 saturated heterocycles. The Morgan fingerprint density at radius 3 is 2.88 bits per heavy atom. The Balaban J connectivity index is 2.18. The van der Waals surface area contributed by atoms with Crippen LogP contribution in [0.15, 0.2) is 18.3 Å². The van der Waals surface area contributed by atoms with Gasteiger partial charge in [-0.3, -0.25) is 0 Å². The summed E-state index contributed by atoms with van der Waals surface area (Å²) >= 11 is 0. The average Bonchev–Trinajstić information content (AvgIpc) is 2.29. The molecule has 0 aromatic carbocycles. The molecule has 1 heterocycles. The van der Waals surface area contributed by atoms with Crippen molar-refractivity contribution in [3.05, 3.63) is 28.4 Å². The van der Waals surface area contributed by atoms with Crippen LogP contribution < -0.4 is 4.74 Å². The minimum Gasteiger partial charge on any atom is -0.482 e. The summed E-state index contributed by atoms with van der Waals surface area (Å²) < 4.78 is 5.56. The fourth-order valence-corrected chi connectivity index (χ4v) is 1.83. The van der Waals surface area contributed by atoms with Crippen LogP contribution in [0.2, 0.25) is 0 Å². The van der Waals surface area contributed by atoms with Crippen LogP contribution in [0.5, 0.6) is 5.75 Å². The topological polar surface area (TPSA) is 85.5 Å². The van der Waals surface area contributed by atoms with Gasteiger partial charge in [0.15, 0.2) is 0 Å². The Morgan fingerprint density at radius 2 is 2.35 bits per heavy atom. The van der Waals surface area contributed by atoms with E-state index in [1.807, 2.05) is 13.8 Å². The van der Waals surface area contributed by atoms with Crippen molar-refractivity contribution in [3.63, 3.8) is 0 Å². The molecular formula is C11H14N2O4. The van der Waals surface area contributed by atoms with Crippen molar-refractivity contribution in [2.24, 2.45) is 5.41 Å². The van der Waals surface area contributed by atoms with E-state index >= 15 is 0 Å². The largest absolute Gasteiger partial charge is 0.482 e. The monoisotopic (exact) mass is 238 g/mol. The highest BCUT2D eigenvalue weighted by Crippen LogP contribution is 2.43. The standard InChI is InChI=1S/C11H14N2O4/c1-11(2)8(14)6-9(11)17-7-4-3-5-12-10(7)13(15)16/h3-5,8-9,14H,6H2,1-2H3. The van der Waals surface area contributed by atoms with Crippen LogP contribution in [-0.2, 0) is 0 Å². The Labute approximate surface area is 98.4 Å². The van der Waals surface area contributed by atoms with Crippen LogP contribution in [0.1, 0.15) is 20.3 Å². The van der Waals surface area contributed by atoms with Crippen molar-refractivity contribution in [3.8, 4) is 5.75 Å². The Bertz CT molecular complexity index is 447. The quantitative estimate of drug-likeness (QED) is 0.637. The molecule has 1 aromatic heterocycles. The first kappa shape index (κ1) is 11.8. The molecule has 0 amide bonds. The molecule has 1 aromatic rings. The third-order valence-electron chi connectivity index (χ3n) is 3.32. The van der Waals surface area contributed by atoms with E-state index in [0.29, 0.717) is 6.42 Å². The van der Waals surface area contributed by atoms with Gasteiger partial charge in [0, 0.05) is 11.8 Å². The van der Waals surface area contributed by atoms with Gasteiger partial charge in [-0.2, -0.15) is 0 Å². The molecule has 1 aliphatic carbocycles. The molecule has 1 aliphatic rings. The maximum Gasteiger partial charge on any atom is 0.406 e. The first-order chi connectivity index (χ1) is 7.93. The predicted molar refractivity (Wildman–Crippen MR) is 59.7 cm³/mol. The van der Waals surface area contributed by atoms with E-state index in [0.717, 1.165) is 0 Å². The Morgan fingerprint density at radius 1 is 1.65 bits per heavy atom. The third kappa shape index (κ3) is 1.95. The number of nitrogens with zero attached hydrogens (tertiary/aromatic N) is 2. The third-order valence-corrected chi connectivity index (χ3v) is 3.32. The summed E-state index contributed by atoms with van der Waals surface area (Å²) in [5.74, 6) is -0.132. The van der Waals surface area contributed by atoms with Gasteiger partial charge in [0.25, 0.3) is 0 Å². The van der Waals surface area contributed by atoms with E-state index in [1.54, 1.807) is 6.07 Å². The van der Waals surface area contributed by atoms with Crippen molar-refractivity contribution in [2.75, 3.05) is 0 Å². The molecule has 0 radical (unpaired) electrons. The highest BCUT2D eigenvalue weighted by molar-refractivity contribution is 5.39. The summed E-state index contributed by atoms with van der Waals surface area (Å²) in [6.07, 6.45) is 1.19. The summed E-state index contributed by atoms with van der Waals surface area (Å²) in [6, 6.07) is 3.11. The lowest BCUT2D eigenvalue weighted by atomic mass is 9.66. The molecule has 0 bridgehead atoms. The normalized spacial score (nSPS) is 26.1. The van der Waals surface area contributed by atoms with E-state index in [2.05, 4.69) is 4.98 Å². The molecular weight excluding hydrogens is 224 g/mol. The highest BCUT2D eigenvalue weighted by atomic mass is 16.6. The van der Waals surface area contributed by atoms with E-state index < -0.39 is 11.0 Å². The van der Waals surface area contributed by atoms with Gasteiger partial charge >= 0.3 is 5.82 Å². The molecule has 2 atom stereocenters. The molecule has 1 fully saturated rings. The maximum absolute atomic E-state index is 10.7. The summed E-state index contributed by atoms with van der Waals surface area (Å²) in [4.78, 5) is 13.8. The number of aliphatic hydroxyl groups excluding tert-OH is 1. The number of rotatable bonds is 3. The molecule has 0 spiro atoms. The van der Waals surface area contributed by atoms with Crippen LogP contribution in [0.3, 0.4) is 0 Å². The van der Waals surface area contributed by atoms with Gasteiger partial charge in [0.1, 0.15) is 12.3 Å². The number of pyridine rings is 1. The van der Waals surface area contributed by atoms with Crippen LogP contribution in [0, 0.1) is 15.5 Å². The second-order valence-corrected chi connectivity index (χ2v) is 4.76. The molecule has 17 heavy (non-hydrogen) atoms. The molecule has 1 saturated carbocycles. The van der Waals surface area contributed by atoms with E-state index in [1.165, 1.54) is 12.3 Å². The van der Waals surface area contributed by atoms with Crippen molar-refractivity contribution in [1.29, 1.82) is 0 Å². The fourth-order valence-electron chi connectivity index (χ4n) is 1.83. The highest BCUT2D eigenvalue weighted by Gasteiger charge is 2.49. The van der Waals surface area contributed by atoms with Gasteiger partial charge in [-0.15, -0.1) is 0 Å². The predicted octanol–water partition coefficient (Wildman–Crippen LogP) is 1.53. The van der Waals surface area contributed by atoms with Gasteiger partial charge < -0.3 is 20.0 Å². The molecule has 1 N–H and O–H groups in total. The lowest BCUT2D eigenvalue weighted by Gasteiger charge is -2.48. The fraction of sp³-hybridized carbons (Fsp3) is 0.545. The van der Waals surface area contributed by atoms with Crippen LogP contribution >= 0.6 is 0 Å². The molecule has 0 aliphatic heterocycles. The number of hydrogen-bond acceptors (Lipinski definition) is 5. The minimum absolute atomic E-state index is 0.155. The summed E-state index contributed by atoms with van der Waals surface area (Å²) in [5.41, 5.74) is -0.385. The first-order valence-corrected chi connectivity index (χ1v) is 5.37. The van der Waals surface area contributed by atoms with E-state index in [4.69, 9.17) is 4.74 Å². The van der Waals surface area contributed by atoms with Gasteiger partial charge in [0.05, 0.1) is 6.10 Å². The average molecular weight is 238 g/mol. The number of aromatic nitrogens is 1. The number of ether oxygens (including phenoxy) is 1. The zero-order chi connectivity index (χ0) is 12.6. The van der Waals surface area contributed by atoms with Crippen LogP contribution in [0.25, 0.3) is 0 Å². The summed E-state index contributed by atoms with van der Waals surface area (Å²) in [6.45, 7) is 3.74. The summed E-state index contributed by atoms with van der Waals surface area (Å²) in [5, 5.41) is 20.3. The molecule has 2 rings (SSSR count). The number of hydrogen-bond donors (Lipinski definition) is 1. The zero-order valence-corrected chi connectivity index (χ0v) is 9.66. The Hall–Kier alpha value is -1.69. The molecule has 2 unspecified atom stereocenters. The van der Waals surface area contributed by atoms with E-state index in [9.17, 15) is 15.2 Å². The first-order valence-electron chi connectivity index (χ1n) is 5.37. The van der Waals surface area contributed by atoms with Crippen molar-refractivity contribution in [1.82, 2.24) is 4.98 Å². The van der Waals surface area contributed by atoms with Gasteiger partial charge in [0.2, 0.25) is 5.75 Å².